The predicted molar refractivity (Wildman–Crippen MR) is 37.7 cm³/mol. The molecule has 0 N–H and O–H groups in total. The third-order valence-electron chi connectivity index (χ3n) is 1.21. The van der Waals surface area contributed by atoms with Gasteiger partial charge in [0.05, 0.1) is 0 Å². The molecule has 0 aliphatic rings. The molecule has 2 heteroatoms. The van der Waals surface area contributed by atoms with Gasteiger partial charge >= 0.3 is 18.9 Å². The Kier molecular flexibility index (Phi) is 4.10. The summed E-state index contributed by atoms with van der Waals surface area (Å²) in [6.07, 6.45) is 0.847. The number of aryl methyl sites for hydroxylation is 1. The fourth-order valence-corrected chi connectivity index (χ4v) is 0.645. The summed E-state index contributed by atoms with van der Waals surface area (Å²) in [4.78, 5) is 10.1. The van der Waals surface area contributed by atoms with Crippen LogP contribution in [0.25, 0.3) is 0 Å². The third kappa shape index (κ3) is 2.39. The van der Waals surface area contributed by atoms with E-state index in [4.69, 9.17) is 0 Å². The third-order valence-corrected chi connectivity index (χ3v) is 1.21. The summed E-state index contributed by atoms with van der Waals surface area (Å²) in [5, 5.41) is 0. The average Bonchev–Trinajstić information content (AvgIpc) is 1.90. The molecule has 0 heterocycles. The first-order valence-corrected chi connectivity index (χ1v) is 2.85. The van der Waals surface area contributed by atoms with Crippen LogP contribution in [-0.4, -0.2) is 6.29 Å². The van der Waals surface area contributed by atoms with Gasteiger partial charge in [-0.15, -0.1) is 0 Å². The molecule has 0 spiro atoms. The first kappa shape index (κ1) is 9.49. The molecule has 0 radical (unpaired) electrons. The van der Waals surface area contributed by atoms with Crippen LogP contribution in [0.3, 0.4) is 0 Å². The van der Waals surface area contributed by atoms with Gasteiger partial charge in [0.2, 0.25) is 0 Å². The van der Waals surface area contributed by atoms with Crippen molar-refractivity contribution in [2.75, 3.05) is 0 Å². The largest absolute Gasteiger partial charge is 1.00 e. The number of rotatable bonds is 1. The molecule has 48 valence electrons. The van der Waals surface area contributed by atoms with Gasteiger partial charge < -0.3 is 1.43 Å². The molecule has 0 unspecified atom stereocenters. The van der Waals surface area contributed by atoms with Crippen molar-refractivity contribution in [2.24, 2.45) is 0 Å². The molecular formula is C8H9LiO. The summed E-state index contributed by atoms with van der Waals surface area (Å²) in [5.74, 6) is 0. The SMILES string of the molecule is Cc1ccc(C=O)cc1.[H-].[Li+]. The normalized spacial score (nSPS) is 8.10. The molecule has 1 nitrogen and oxygen atoms in total. The summed E-state index contributed by atoms with van der Waals surface area (Å²) in [6, 6.07) is 7.46. The van der Waals surface area contributed by atoms with Gasteiger partial charge in [0.25, 0.3) is 0 Å². The second-order valence-corrected chi connectivity index (χ2v) is 2.03. The molecule has 0 aromatic heterocycles. The van der Waals surface area contributed by atoms with Crippen LogP contribution < -0.4 is 18.9 Å². The van der Waals surface area contributed by atoms with Crippen molar-refractivity contribution in [3.05, 3.63) is 35.4 Å². The van der Waals surface area contributed by atoms with Gasteiger partial charge in [-0.2, -0.15) is 0 Å². The standard InChI is InChI=1S/C8H8O.Li.H/c1-7-2-4-8(6-9)5-3-7;;/h2-6H,1H3;;/q;+1;-1. The molecule has 1 rings (SSSR count). The molecule has 10 heavy (non-hydrogen) atoms. The zero-order chi connectivity index (χ0) is 6.69. The minimum atomic E-state index is 0. The number of aldehydes is 1. The molecule has 0 saturated heterocycles. The van der Waals surface area contributed by atoms with Gasteiger partial charge in [-0.1, -0.05) is 29.8 Å². The number of benzene rings is 1. The number of carbonyl (C=O) groups excluding carboxylic acids is 1. The molecule has 0 bridgehead atoms. The maximum atomic E-state index is 10.1. The summed E-state index contributed by atoms with van der Waals surface area (Å²) in [7, 11) is 0. The van der Waals surface area contributed by atoms with E-state index in [-0.39, 0.29) is 20.3 Å². The van der Waals surface area contributed by atoms with Crippen molar-refractivity contribution in [3.8, 4) is 0 Å². The van der Waals surface area contributed by atoms with E-state index in [9.17, 15) is 4.79 Å². The monoisotopic (exact) mass is 128 g/mol. The van der Waals surface area contributed by atoms with Crippen LogP contribution in [0.5, 0.6) is 0 Å². The van der Waals surface area contributed by atoms with Crippen LogP contribution >= 0.6 is 0 Å². The molecule has 1 aromatic rings. The van der Waals surface area contributed by atoms with E-state index >= 15 is 0 Å². The van der Waals surface area contributed by atoms with E-state index in [1.807, 2.05) is 31.2 Å². The Bertz CT molecular complexity index is 208. The van der Waals surface area contributed by atoms with E-state index in [1.54, 1.807) is 0 Å². The number of hydrogen-bond acceptors (Lipinski definition) is 1. The van der Waals surface area contributed by atoms with E-state index < -0.39 is 0 Å². The van der Waals surface area contributed by atoms with Crippen LogP contribution in [-0.2, 0) is 0 Å². The Hall–Kier alpha value is -0.513. The Morgan fingerprint density at radius 1 is 1.30 bits per heavy atom. The fourth-order valence-electron chi connectivity index (χ4n) is 0.645. The number of hydrogen-bond donors (Lipinski definition) is 0. The number of carbonyl (C=O) groups is 1. The van der Waals surface area contributed by atoms with Gasteiger partial charge in [0.1, 0.15) is 6.29 Å². The topological polar surface area (TPSA) is 17.1 Å². The van der Waals surface area contributed by atoms with Crippen molar-refractivity contribution in [1.82, 2.24) is 0 Å². The summed E-state index contributed by atoms with van der Waals surface area (Å²) in [6.45, 7) is 1.99. The Morgan fingerprint density at radius 2 is 1.80 bits per heavy atom. The van der Waals surface area contributed by atoms with E-state index in [1.165, 1.54) is 5.56 Å². The fraction of sp³-hybridized carbons (Fsp3) is 0.125. The van der Waals surface area contributed by atoms with Crippen LogP contribution in [0, 0.1) is 6.92 Å². The zero-order valence-electron chi connectivity index (χ0n) is 7.29. The summed E-state index contributed by atoms with van der Waals surface area (Å²) >= 11 is 0. The summed E-state index contributed by atoms with van der Waals surface area (Å²) < 4.78 is 0. The van der Waals surface area contributed by atoms with Crippen LogP contribution in [0.2, 0.25) is 0 Å². The minimum absolute atomic E-state index is 0. The Morgan fingerprint density at radius 3 is 2.20 bits per heavy atom. The van der Waals surface area contributed by atoms with Crippen LogP contribution in [0.15, 0.2) is 24.3 Å². The predicted octanol–water partition coefficient (Wildman–Crippen LogP) is -1.08. The van der Waals surface area contributed by atoms with Crippen molar-refractivity contribution in [3.63, 3.8) is 0 Å². The zero-order valence-corrected chi connectivity index (χ0v) is 6.29. The first-order chi connectivity index (χ1) is 4.33. The molecule has 0 saturated carbocycles. The molecule has 0 aliphatic heterocycles. The van der Waals surface area contributed by atoms with Gasteiger partial charge in [-0.05, 0) is 6.92 Å². The second-order valence-electron chi connectivity index (χ2n) is 2.03. The summed E-state index contributed by atoms with van der Waals surface area (Å²) in [5.41, 5.74) is 1.92. The molecule has 0 aliphatic carbocycles. The smallest absolute Gasteiger partial charge is 1.00 e. The minimum Gasteiger partial charge on any atom is -1.00 e. The molecular weight excluding hydrogens is 119 g/mol. The van der Waals surface area contributed by atoms with Crippen LogP contribution in [0.4, 0.5) is 0 Å². The van der Waals surface area contributed by atoms with Crippen molar-refractivity contribution in [2.45, 2.75) is 6.92 Å². The van der Waals surface area contributed by atoms with Crippen LogP contribution in [0.1, 0.15) is 17.3 Å². The van der Waals surface area contributed by atoms with Gasteiger partial charge in [0, 0.05) is 5.56 Å². The second kappa shape index (κ2) is 4.33. The van der Waals surface area contributed by atoms with Crippen molar-refractivity contribution < 1.29 is 25.1 Å². The Labute approximate surface area is 74.1 Å². The van der Waals surface area contributed by atoms with Gasteiger partial charge in [-0.3, -0.25) is 4.79 Å². The van der Waals surface area contributed by atoms with Gasteiger partial charge in [0.15, 0.2) is 0 Å². The molecule has 0 fully saturated rings. The quantitative estimate of drug-likeness (QED) is 0.347. The maximum Gasteiger partial charge on any atom is 1.00 e. The molecule has 1 aromatic carbocycles. The molecule has 0 amide bonds. The first-order valence-electron chi connectivity index (χ1n) is 2.85. The van der Waals surface area contributed by atoms with E-state index in [2.05, 4.69) is 0 Å². The van der Waals surface area contributed by atoms with E-state index in [0.29, 0.717) is 0 Å². The average molecular weight is 128 g/mol. The van der Waals surface area contributed by atoms with E-state index in [0.717, 1.165) is 11.8 Å². The van der Waals surface area contributed by atoms with Crippen molar-refractivity contribution >= 4 is 6.29 Å². The van der Waals surface area contributed by atoms with Crippen molar-refractivity contribution in [1.29, 1.82) is 0 Å². The molecule has 0 atom stereocenters. The Balaban J connectivity index is 0. The van der Waals surface area contributed by atoms with Gasteiger partial charge in [-0.25, -0.2) is 0 Å². The maximum absolute atomic E-state index is 10.1.